The molecule has 1 heterocycles. The fourth-order valence-corrected chi connectivity index (χ4v) is 3.30. The summed E-state index contributed by atoms with van der Waals surface area (Å²) in [6.07, 6.45) is 2.39. The molecular weight excluding hydrogens is 118 g/mol. The minimum atomic E-state index is -0.553. The van der Waals surface area contributed by atoms with Crippen molar-refractivity contribution in [1.29, 1.82) is 0 Å². The standard InChI is InChI=1S/C5H13NOSi/c1-7-5-8-4-2-3-6-8/h6,8H,2-5H2,1H3/t8-/m0/s1. The topological polar surface area (TPSA) is 21.3 Å². The van der Waals surface area contributed by atoms with Gasteiger partial charge in [-0.1, -0.05) is 0 Å². The average Bonchev–Trinajstić information content (AvgIpc) is 2.19. The highest BCUT2D eigenvalue weighted by molar-refractivity contribution is 6.56. The molecule has 1 saturated heterocycles. The van der Waals surface area contributed by atoms with Crippen molar-refractivity contribution >= 4 is 8.96 Å². The van der Waals surface area contributed by atoms with Gasteiger partial charge in [-0.25, -0.2) is 0 Å². The van der Waals surface area contributed by atoms with Crippen molar-refractivity contribution in [1.82, 2.24) is 4.98 Å². The van der Waals surface area contributed by atoms with E-state index in [-0.39, 0.29) is 0 Å². The Morgan fingerprint density at radius 2 is 2.62 bits per heavy atom. The second-order valence-electron chi connectivity index (χ2n) is 2.25. The Bertz CT molecular complexity index is 63.4. The normalized spacial score (nSPS) is 28.9. The molecular formula is C5H13NOSi. The number of methoxy groups -OCH3 is 1. The van der Waals surface area contributed by atoms with Gasteiger partial charge in [-0.3, -0.25) is 0 Å². The van der Waals surface area contributed by atoms with Crippen LogP contribution in [0.2, 0.25) is 6.04 Å². The zero-order valence-electron chi connectivity index (χ0n) is 5.31. The summed E-state index contributed by atoms with van der Waals surface area (Å²) in [6.45, 7) is 1.24. The SMILES string of the molecule is COC[Si@@H]1CCCN1. The number of rotatable bonds is 2. The summed E-state index contributed by atoms with van der Waals surface area (Å²) < 4.78 is 5.02. The van der Waals surface area contributed by atoms with Gasteiger partial charge >= 0.3 is 0 Å². The lowest BCUT2D eigenvalue weighted by Crippen LogP contribution is -2.31. The third kappa shape index (κ3) is 1.58. The predicted octanol–water partition coefficient (Wildman–Crippen LogP) is -0.111. The van der Waals surface area contributed by atoms with Crippen LogP contribution in [0.25, 0.3) is 0 Å². The molecule has 0 saturated carbocycles. The van der Waals surface area contributed by atoms with E-state index in [2.05, 4.69) is 4.98 Å². The summed E-state index contributed by atoms with van der Waals surface area (Å²) in [5.74, 6) is 0. The van der Waals surface area contributed by atoms with Crippen LogP contribution in [-0.2, 0) is 4.74 Å². The molecule has 1 atom stereocenters. The minimum Gasteiger partial charge on any atom is -0.387 e. The number of ether oxygens (including phenoxy) is 1. The van der Waals surface area contributed by atoms with Crippen LogP contribution in [0.3, 0.4) is 0 Å². The molecule has 0 aromatic carbocycles. The summed E-state index contributed by atoms with van der Waals surface area (Å²) >= 11 is 0. The van der Waals surface area contributed by atoms with Gasteiger partial charge < -0.3 is 9.72 Å². The first kappa shape index (κ1) is 6.26. The highest BCUT2D eigenvalue weighted by Gasteiger charge is 2.14. The van der Waals surface area contributed by atoms with Crippen LogP contribution in [-0.4, -0.2) is 28.8 Å². The van der Waals surface area contributed by atoms with Crippen molar-refractivity contribution in [3.8, 4) is 0 Å². The summed E-state index contributed by atoms with van der Waals surface area (Å²) in [7, 11) is 1.23. The quantitative estimate of drug-likeness (QED) is 0.528. The largest absolute Gasteiger partial charge is 0.387 e. The molecule has 1 aliphatic heterocycles. The summed E-state index contributed by atoms with van der Waals surface area (Å²) in [5.41, 5.74) is 0. The van der Waals surface area contributed by atoms with Gasteiger partial charge in [0.1, 0.15) is 8.96 Å². The molecule has 0 aromatic rings. The van der Waals surface area contributed by atoms with E-state index >= 15 is 0 Å². The number of nitrogens with one attached hydrogen (secondary N) is 1. The van der Waals surface area contributed by atoms with Crippen molar-refractivity contribution in [3.05, 3.63) is 0 Å². The van der Waals surface area contributed by atoms with Crippen LogP contribution in [0.1, 0.15) is 6.42 Å². The lowest BCUT2D eigenvalue weighted by molar-refractivity contribution is 0.248. The fraction of sp³-hybridized carbons (Fsp3) is 1.00. The Balaban J connectivity index is 2.06. The maximum atomic E-state index is 5.02. The van der Waals surface area contributed by atoms with Crippen LogP contribution in [0, 0.1) is 0 Å². The van der Waals surface area contributed by atoms with E-state index in [1.165, 1.54) is 19.0 Å². The number of hydrogen-bond acceptors (Lipinski definition) is 2. The van der Waals surface area contributed by atoms with Crippen LogP contribution in [0.5, 0.6) is 0 Å². The first-order valence-corrected chi connectivity index (χ1v) is 5.37. The molecule has 1 N–H and O–H groups in total. The molecule has 0 aromatic heterocycles. The predicted molar refractivity (Wildman–Crippen MR) is 36.5 cm³/mol. The van der Waals surface area contributed by atoms with Gasteiger partial charge in [0.2, 0.25) is 0 Å². The van der Waals surface area contributed by atoms with Crippen LogP contribution < -0.4 is 4.98 Å². The van der Waals surface area contributed by atoms with Gasteiger partial charge in [0.05, 0.1) is 6.23 Å². The molecule has 2 nitrogen and oxygen atoms in total. The van der Waals surface area contributed by atoms with E-state index in [0.29, 0.717) is 0 Å². The van der Waals surface area contributed by atoms with E-state index < -0.39 is 8.96 Å². The lowest BCUT2D eigenvalue weighted by atomic mass is 10.5. The monoisotopic (exact) mass is 131 g/mol. The first-order chi connectivity index (χ1) is 3.93. The molecule has 3 heteroatoms. The Morgan fingerprint density at radius 1 is 1.75 bits per heavy atom. The molecule has 0 unspecified atom stereocenters. The molecule has 0 radical (unpaired) electrons. The molecule has 0 spiro atoms. The molecule has 0 aliphatic carbocycles. The van der Waals surface area contributed by atoms with Crippen molar-refractivity contribution in [2.75, 3.05) is 19.9 Å². The van der Waals surface area contributed by atoms with Crippen LogP contribution in [0.4, 0.5) is 0 Å². The summed E-state index contributed by atoms with van der Waals surface area (Å²) in [6, 6.07) is 1.42. The first-order valence-electron chi connectivity index (χ1n) is 3.16. The molecule has 8 heavy (non-hydrogen) atoms. The Morgan fingerprint density at radius 3 is 3.12 bits per heavy atom. The van der Waals surface area contributed by atoms with Crippen molar-refractivity contribution < 1.29 is 4.74 Å². The molecule has 48 valence electrons. The Kier molecular flexibility index (Phi) is 2.52. The zero-order valence-corrected chi connectivity index (χ0v) is 6.47. The third-order valence-electron chi connectivity index (χ3n) is 1.53. The average molecular weight is 131 g/mol. The van der Waals surface area contributed by atoms with Crippen molar-refractivity contribution in [2.24, 2.45) is 0 Å². The Hall–Kier alpha value is 0.137. The summed E-state index contributed by atoms with van der Waals surface area (Å²) in [5, 5.41) is 0. The van der Waals surface area contributed by atoms with Gasteiger partial charge in [-0.15, -0.1) is 0 Å². The second kappa shape index (κ2) is 3.22. The lowest BCUT2D eigenvalue weighted by Gasteiger charge is -2.03. The highest BCUT2D eigenvalue weighted by atomic mass is 28.3. The maximum Gasteiger partial charge on any atom is 0.136 e. The highest BCUT2D eigenvalue weighted by Crippen LogP contribution is 2.01. The van der Waals surface area contributed by atoms with E-state index in [0.717, 1.165) is 6.23 Å². The fourth-order valence-electron chi connectivity index (χ4n) is 1.10. The summed E-state index contributed by atoms with van der Waals surface area (Å²) in [4.78, 5) is 3.47. The van der Waals surface area contributed by atoms with E-state index in [4.69, 9.17) is 4.74 Å². The minimum absolute atomic E-state index is 0.553. The molecule has 1 aliphatic rings. The van der Waals surface area contributed by atoms with Gasteiger partial charge in [0, 0.05) is 7.11 Å². The molecule has 0 bridgehead atoms. The Labute approximate surface area is 51.9 Å². The second-order valence-corrected chi connectivity index (χ2v) is 4.96. The van der Waals surface area contributed by atoms with Gasteiger partial charge in [-0.2, -0.15) is 0 Å². The van der Waals surface area contributed by atoms with E-state index in [1.54, 1.807) is 7.11 Å². The van der Waals surface area contributed by atoms with Gasteiger partial charge in [-0.05, 0) is 19.0 Å². The molecule has 1 rings (SSSR count). The van der Waals surface area contributed by atoms with Gasteiger partial charge in [0.25, 0.3) is 0 Å². The van der Waals surface area contributed by atoms with E-state index in [9.17, 15) is 0 Å². The van der Waals surface area contributed by atoms with Crippen LogP contribution in [0.15, 0.2) is 0 Å². The third-order valence-corrected chi connectivity index (χ3v) is 4.24. The van der Waals surface area contributed by atoms with Crippen LogP contribution >= 0.6 is 0 Å². The smallest absolute Gasteiger partial charge is 0.136 e. The maximum absolute atomic E-state index is 5.02. The number of hydrogen-bond donors (Lipinski definition) is 1. The van der Waals surface area contributed by atoms with E-state index in [1.807, 2.05) is 0 Å². The van der Waals surface area contributed by atoms with Crippen molar-refractivity contribution in [3.63, 3.8) is 0 Å². The van der Waals surface area contributed by atoms with Gasteiger partial charge in [0.15, 0.2) is 0 Å². The van der Waals surface area contributed by atoms with Crippen molar-refractivity contribution in [2.45, 2.75) is 12.5 Å². The molecule has 0 amide bonds. The molecule has 1 fully saturated rings. The zero-order chi connectivity index (χ0) is 5.82.